The Hall–Kier alpha value is -2.16. The molecule has 0 heterocycles. The number of nitrogens with one attached hydrogen (secondary N) is 2. The van der Waals surface area contributed by atoms with Crippen LogP contribution in [0.5, 0.6) is 0 Å². The summed E-state index contributed by atoms with van der Waals surface area (Å²) in [5.41, 5.74) is -0.353. The van der Waals surface area contributed by atoms with Gasteiger partial charge in [-0.05, 0) is 56.4 Å². The maximum atomic E-state index is 12.3. The van der Waals surface area contributed by atoms with Crippen LogP contribution < -0.4 is 10.6 Å². The number of amides is 2. The first-order valence-corrected chi connectivity index (χ1v) is 16.3. The first-order chi connectivity index (χ1) is 19.7. The summed E-state index contributed by atoms with van der Waals surface area (Å²) in [5.74, 6) is -0.897. The highest BCUT2D eigenvalue weighted by Crippen LogP contribution is 2.24. The number of hydrogen-bond acceptors (Lipinski definition) is 6. The average Bonchev–Trinajstić information content (AvgIpc) is 2.95. The summed E-state index contributed by atoms with van der Waals surface area (Å²) in [4.78, 5) is 37.3. The molecule has 7 nitrogen and oxygen atoms in total. The van der Waals surface area contributed by atoms with Crippen molar-refractivity contribution in [2.24, 2.45) is 5.41 Å². The van der Waals surface area contributed by atoms with Crippen molar-refractivity contribution in [1.82, 2.24) is 5.32 Å². The summed E-state index contributed by atoms with van der Waals surface area (Å²) < 4.78 is 0. The molecule has 232 valence electrons. The number of allylic oxidation sites excluding steroid dienone is 2. The summed E-state index contributed by atoms with van der Waals surface area (Å²) in [6, 6.07) is 7.13. The Balaban J connectivity index is 2.11. The molecule has 0 aliphatic heterocycles. The van der Waals surface area contributed by atoms with Gasteiger partial charge in [0, 0.05) is 35.4 Å². The molecule has 0 radical (unpaired) electrons. The van der Waals surface area contributed by atoms with E-state index in [-0.39, 0.29) is 30.6 Å². The predicted octanol–water partition coefficient (Wildman–Crippen LogP) is 7.17. The lowest BCUT2D eigenvalue weighted by Crippen LogP contribution is -2.46. The Labute approximate surface area is 252 Å². The SMILES string of the molecule is CCCCCCCCC=CCCCCCCCC(=O)Sc1ccc(NC(=O)CCNC(=O)C(O)C(C)(C)CO)cc1. The number of aliphatic hydroxyl groups excluding tert-OH is 2. The van der Waals surface area contributed by atoms with Crippen LogP contribution in [0.4, 0.5) is 5.69 Å². The number of anilines is 1. The summed E-state index contributed by atoms with van der Waals surface area (Å²) >= 11 is 1.23. The number of aliphatic hydroxyl groups is 2. The molecule has 0 spiro atoms. The van der Waals surface area contributed by atoms with Crippen molar-refractivity contribution in [2.45, 2.75) is 128 Å². The zero-order valence-electron chi connectivity index (χ0n) is 25.6. The smallest absolute Gasteiger partial charge is 0.249 e. The van der Waals surface area contributed by atoms with Gasteiger partial charge >= 0.3 is 0 Å². The summed E-state index contributed by atoms with van der Waals surface area (Å²) in [6.45, 7) is 5.16. The Bertz CT molecular complexity index is 901. The number of hydrogen-bond donors (Lipinski definition) is 4. The minimum absolute atomic E-state index is 0.0446. The zero-order valence-corrected chi connectivity index (χ0v) is 26.4. The molecule has 0 aliphatic carbocycles. The summed E-state index contributed by atoms with van der Waals surface area (Å²) in [7, 11) is 0. The van der Waals surface area contributed by atoms with Gasteiger partial charge in [0.15, 0.2) is 5.12 Å². The van der Waals surface area contributed by atoms with Gasteiger partial charge in [-0.3, -0.25) is 14.4 Å². The van der Waals surface area contributed by atoms with E-state index in [4.69, 9.17) is 0 Å². The van der Waals surface area contributed by atoms with E-state index >= 15 is 0 Å². The molecule has 0 aromatic heterocycles. The van der Waals surface area contributed by atoms with E-state index in [1.807, 2.05) is 12.1 Å². The molecular weight excluding hydrogens is 536 g/mol. The highest BCUT2D eigenvalue weighted by atomic mass is 32.2. The van der Waals surface area contributed by atoms with Crippen LogP contribution in [0.3, 0.4) is 0 Å². The zero-order chi connectivity index (χ0) is 30.3. The Kier molecular flexibility index (Phi) is 20.2. The Morgan fingerprint density at radius 2 is 1.41 bits per heavy atom. The van der Waals surface area contributed by atoms with Gasteiger partial charge in [0.2, 0.25) is 11.8 Å². The lowest BCUT2D eigenvalue weighted by molar-refractivity contribution is -0.137. The molecular formula is C33H54N2O5S. The van der Waals surface area contributed by atoms with E-state index in [0.717, 1.165) is 24.2 Å². The molecule has 0 saturated carbocycles. The molecule has 0 saturated heterocycles. The van der Waals surface area contributed by atoms with Crippen molar-refractivity contribution in [3.05, 3.63) is 36.4 Å². The van der Waals surface area contributed by atoms with Gasteiger partial charge < -0.3 is 20.8 Å². The van der Waals surface area contributed by atoms with Gasteiger partial charge in [0.25, 0.3) is 0 Å². The minimum Gasteiger partial charge on any atom is -0.396 e. The molecule has 0 bridgehead atoms. The highest BCUT2D eigenvalue weighted by molar-refractivity contribution is 8.13. The molecule has 1 aromatic carbocycles. The second kappa shape index (κ2) is 22.4. The van der Waals surface area contributed by atoms with Crippen molar-refractivity contribution < 1.29 is 24.6 Å². The van der Waals surface area contributed by atoms with Crippen LogP contribution in [-0.4, -0.2) is 46.4 Å². The normalized spacial score (nSPS) is 12.4. The van der Waals surface area contributed by atoms with E-state index < -0.39 is 17.4 Å². The van der Waals surface area contributed by atoms with Crippen LogP contribution in [0, 0.1) is 5.41 Å². The molecule has 1 rings (SSSR count). The molecule has 1 unspecified atom stereocenters. The number of benzene rings is 1. The van der Waals surface area contributed by atoms with E-state index in [0.29, 0.717) is 12.1 Å². The third-order valence-corrected chi connectivity index (χ3v) is 8.00. The quantitative estimate of drug-likeness (QED) is 0.0610. The largest absolute Gasteiger partial charge is 0.396 e. The average molecular weight is 591 g/mol. The predicted molar refractivity (Wildman–Crippen MR) is 170 cm³/mol. The number of unbranched alkanes of at least 4 members (excludes halogenated alkanes) is 11. The van der Waals surface area contributed by atoms with Gasteiger partial charge in [0.05, 0.1) is 6.61 Å². The monoisotopic (exact) mass is 590 g/mol. The molecule has 4 N–H and O–H groups in total. The van der Waals surface area contributed by atoms with Crippen LogP contribution in [0.2, 0.25) is 0 Å². The standard InChI is InChI=1S/C33H54N2O5S/c1-4-5-6-7-8-9-10-11-12-13-14-15-16-17-18-19-30(38)41-28-22-20-27(21-23-28)35-29(37)24-25-34-32(40)31(39)33(2,3)26-36/h11-12,20-23,31,36,39H,4-10,13-19,24-26H2,1-3H3,(H,34,40)(H,35,37). The van der Waals surface area contributed by atoms with E-state index in [1.165, 1.54) is 76.0 Å². The number of rotatable bonds is 23. The first-order valence-electron chi connectivity index (χ1n) is 15.5. The fourth-order valence-corrected chi connectivity index (χ4v) is 4.97. The van der Waals surface area contributed by atoms with Gasteiger partial charge in [0.1, 0.15) is 6.10 Å². The van der Waals surface area contributed by atoms with Crippen LogP contribution in [0.15, 0.2) is 41.3 Å². The first kappa shape index (κ1) is 36.9. The van der Waals surface area contributed by atoms with Crippen molar-refractivity contribution in [3.63, 3.8) is 0 Å². The second-order valence-electron chi connectivity index (χ2n) is 11.5. The minimum atomic E-state index is -1.36. The van der Waals surface area contributed by atoms with E-state index in [1.54, 1.807) is 26.0 Å². The van der Waals surface area contributed by atoms with Crippen molar-refractivity contribution in [2.75, 3.05) is 18.5 Å². The lowest BCUT2D eigenvalue weighted by atomic mass is 9.87. The Morgan fingerprint density at radius 1 is 0.854 bits per heavy atom. The molecule has 1 atom stereocenters. The fourth-order valence-electron chi connectivity index (χ4n) is 4.19. The van der Waals surface area contributed by atoms with Crippen LogP contribution >= 0.6 is 11.8 Å². The number of carbonyl (C=O) groups excluding carboxylic acids is 3. The second-order valence-corrected chi connectivity index (χ2v) is 12.6. The molecule has 8 heteroatoms. The van der Waals surface area contributed by atoms with Crippen LogP contribution in [0.25, 0.3) is 0 Å². The van der Waals surface area contributed by atoms with Crippen molar-refractivity contribution in [3.8, 4) is 0 Å². The van der Waals surface area contributed by atoms with E-state index in [9.17, 15) is 24.6 Å². The van der Waals surface area contributed by atoms with Gasteiger partial charge in [-0.25, -0.2) is 0 Å². The molecule has 2 amide bonds. The summed E-state index contributed by atoms with van der Waals surface area (Å²) in [6.07, 6.45) is 20.0. The van der Waals surface area contributed by atoms with Gasteiger partial charge in [-0.15, -0.1) is 0 Å². The Morgan fingerprint density at radius 3 is 2.00 bits per heavy atom. The lowest BCUT2D eigenvalue weighted by Gasteiger charge is -2.27. The third-order valence-electron chi connectivity index (χ3n) is 7.06. The molecule has 41 heavy (non-hydrogen) atoms. The molecule has 0 aliphatic rings. The molecule has 1 aromatic rings. The maximum Gasteiger partial charge on any atom is 0.249 e. The number of thioether (sulfide) groups is 1. The van der Waals surface area contributed by atoms with Gasteiger partial charge in [-0.2, -0.15) is 0 Å². The fraction of sp³-hybridized carbons (Fsp3) is 0.667. The maximum absolute atomic E-state index is 12.3. The van der Waals surface area contributed by atoms with Crippen molar-refractivity contribution >= 4 is 34.4 Å². The van der Waals surface area contributed by atoms with Crippen LogP contribution in [-0.2, 0) is 14.4 Å². The number of carbonyl (C=O) groups is 3. The third kappa shape index (κ3) is 18.1. The van der Waals surface area contributed by atoms with Gasteiger partial charge in [-0.1, -0.05) is 96.1 Å². The van der Waals surface area contributed by atoms with Crippen molar-refractivity contribution in [1.29, 1.82) is 0 Å². The topological polar surface area (TPSA) is 116 Å². The summed E-state index contributed by atoms with van der Waals surface area (Å²) in [5, 5.41) is 24.7. The highest BCUT2D eigenvalue weighted by Gasteiger charge is 2.32. The van der Waals surface area contributed by atoms with Crippen LogP contribution in [0.1, 0.15) is 117 Å². The van der Waals surface area contributed by atoms with E-state index in [2.05, 4.69) is 29.7 Å². The molecule has 0 fully saturated rings.